The Bertz CT molecular complexity index is 543. The Kier molecular flexibility index (Phi) is 5.61. The molecular weight excluding hydrogens is 280 g/mol. The highest BCUT2D eigenvalue weighted by atomic mass is 32.2. The SMILES string of the molecule is CC(C)(CN)NC(=O)CCNS(=O)(=O)c1cccnc1. The summed E-state index contributed by atoms with van der Waals surface area (Å²) < 4.78 is 26.1. The maximum atomic E-state index is 11.9. The summed E-state index contributed by atoms with van der Waals surface area (Å²) in [6, 6.07) is 2.97. The molecule has 7 nitrogen and oxygen atoms in total. The molecule has 8 heteroatoms. The topological polar surface area (TPSA) is 114 Å². The molecule has 0 aliphatic heterocycles. The smallest absolute Gasteiger partial charge is 0.242 e. The standard InChI is InChI=1S/C12H20N4O3S/c1-12(2,9-13)16-11(17)5-7-15-20(18,19)10-4-3-6-14-8-10/h3-4,6,8,15H,5,7,9,13H2,1-2H3,(H,16,17). The van der Waals surface area contributed by atoms with E-state index >= 15 is 0 Å². The third kappa shape index (κ3) is 5.24. The fourth-order valence-electron chi connectivity index (χ4n) is 1.38. The van der Waals surface area contributed by atoms with Gasteiger partial charge in [-0.05, 0) is 26.0 Å². The van der Waals surface area contributed by atoms with Crippen molar-refractivity contribution in [2.75, 3.05) is 13.1 Å². The summed E-state index contributed by atoms with van der Waals surface area (Å²) in [6.07, 6.45) is 2.78. The highest BCUT2D eigenvalue weighted by Crippen LogP contribution is 2.05. The molecule has 0 aromatic carbocycles. The average Bonchev–Trinajstić information content (AvgIpc) is 2.39. The third-order valence-electron chi connectivity index (χ3n) is 2.58. The Balaban J connectivity index is 2.47. The molecule has 0 saturated carbocycles. The van der Waals surface area contributed by atoms with Crippen molar-refractivity contribution in [3.63, 3.8) is 0 Å². The van der Waals surface area contributed by atoms with E-state index in [1.165, 1.54) is 24.5 Å². The summed E-state index contributed by atoms with van der Waals surface area (Å²) in [5, 5.41) is 2.72. The van der Waals surface area contributed by atoms with Gasteiger partial charge in [-0.25, -0.2) is 13.1 Å². The summed E-state index contributed by atoms with van der Waals surface area (Å²) in [5.41, 5.74) is 4.99. The van der Waals surface area contributed by atoms with E-state index in [0.29, 0.717) is 6.54 Å². The summed E-state index contributed by atoms with van der Waals surface area (Å²) >= 11 is 0. The molecule has 0 saturated heterocycles. The second-order valence-corrected chi connectivity index (χ2v) is 6.74. The number of hydrogen-bond donors (Lipinski definition) is 3. The lowest BCUT2D eigenvalue weighted by molar-refractivity contribution is -0.122. The fraction of sp³-hybridized carbons (Fsp3) is 0.500. The van der Waals surface area contributed by atoms with Crippen LogP contribution < -0.4 is 15.8 Å². The molecule has 1 rings (SSSR count). The van der Waals surface area contributed by atoms with E-state index in [4.69, 9.17) is 5.73 Å². The number of pyridine rings is 1. The molecule has 1 amide bonds. The monoisotopic (exact) mass is 300 g/mol. The van der Waals surface area contributed by atoms with Crippen molar-refractivity contribution >= 4 is 15.9 Å². The summed E-state index contributed by atoms with van der Waals surface area (Å²) in [7, 11) is -3.62. The van der Waals surface area contributed by atoms with Crippen molar-refractivity contribution in [1.29, 1.82) is 0 Å². The van der Waals surface area contributed by atoms with Crippen LogP contribution >= 0.6 is 0 Å². The predicted octanol–water partition coefficient (Wildman–Crippen LogP) is -0.396. The first-order valence-corrected chi connectivity index (χ1v) is 7.66. The summed E-state index contributed by atoms with van der Waals surface area (Å²) in [5.74, 6) is -0.255. The number of carbonyl (C=O) groups is 1. The van der Waals surface area contributed by atoms with Gasteiger partial charge in [0.25, 0.3) is 0 Å². The van der Waals surface area contributed by atoms with Crippen LogP contribution in [-0.4, -0.2) is 37.9 Å². The van der Waals surface area contributed by atoms with Gasteiger partial charge in [0.1, 0.15) is 4.90 Å². The van der Waals surface area contributed by atoms with Crippen LogP contribution in [-0.2, 0) is 14.8 Å². The predicted molar refractivity (Wildman–Crippen MR) is 75.3 cm³/mol. The van der Waals surface area contributed by atoms with Crippen LogP contribution in [0.15, 0.2) is 29.4 Å². The van der Waals surface area contributed by atoms with E-state index in [0.717, 1.165) is 0 Å². The molecule has 0 spiro atoms. The van der Waals surface area contributed by atoms with Crippen molar-refractivity contribution in [3.8, 4) is 0 Å². The van der Waals surface area contributed by atoms with Gasteiger partial charge in [-0.3, -0.25) is 9.78 Å². The van der Waals surface area contributed by atoms with Gasteiger partial charge in [0, 0.05) is 37.4 Å². The molecule has 0 aliphatic carbocycles. The Morgan fingerprint density at radius 2 is 2.15 bits per heavy atom. The Hall–Kier alpha value is -1.51. The van der Waals surface area contributed by atoms with Gasteiger partial charge in [-0.15, -0.1) is 0 Å². The Morgan fingerprint density at radius 3 is 2.70 bits per heavy atom. The van der Waals surface area contributed by atoms with Crippen LogP contribution in [0.4, 0.5) is 0 Å². The third-order valence-corrected chi connectivity index (χ3v) is 4.02. The van der Waals surface area contributed by atoms with Crippen LogP contribution in [0, 0.1) is 0 Å². The van der Waals surface area contributed by atoms with Crippen molar-refractivity contribution in [2.45, 2.75) is 30.7 Å². The van der Waals surface area contributed by atoms with Crippen molar-refractivity contribution in [3.05, 3.63) is 24.5 Å². The largest absolute Gasteiger partial charge is 0.350 e. The van der Waals surface area contributed by atoms with E-state index in [1.807, 2.05) is 0 Å². The normalized spacial score (nSPS) is 12.2. The molecule has 0 fully saturated rings. The second-order valence-electron chi connectivity index (χ2n) is 4.97. The van der Waals surface area contributed by atoms with Crippen LogP contribution in [0.5, 0.6) is 0 Å². The van der Waals surface area contributed by atoms with E-state index < -0.39 is 15.6 Å². The minimum absolute atomic E-state index is 0.0176. The lowest BCUT2D eigenvalue weighted by atomic mass is 10.1. The minimum Gasteiger partial charge on any atom is -0.350 e. The van der Waals surface area contributed by atoms with Crippen molar-refractivity contribution in [1.82, 2.24) is 15.0 Å². The first kappa shape index (κ1) is 16.5. The van der Waals surface area contributed by atoms with Gasteiger partial charge in [0.15, 0.2) is 0 Å². The quantitative estimate of drug-likeness (QED) is 0.634. The number of rotatable bonds is 7. The van der Waals surface area contributed by atoms with Gasteiger partial charge >= 0.3 is 0 Å². The van der Waals surface area contributed by atoms with Gasteiger partial charge in [0.2, 0.25) is 15.9 Å². The molecule has 0 atom stereocenters. The number of carbonyl (C=O) groups excluding carboxylic acids is 1. The zero-order valence-electron chi connectivity index (χ0n) is 11.6. The van der Waals surface area contributed by atoms with Gasteiger partial charge < -0.3 is 11.1 Å². The lowest BCUT2D eigenvalue weighted by Gasteiger charge is -2.24. The van der Waals surface area contributed by atoms with E-state index in [-0.39, 0.29) is 23.8 Å². The first-order valence-electron chi connectivity index (χ1n) is 6.18. The lowest BCUT2D eigenvalue weighted by Crippen LogP contribution is -2.49. The zero-order chi connectivity index (χ0) is 15.2. The number of nitrogens with two attached hydrogens (primary N) is 1. The molecule has 4 N–H and O–H groups in total. The number of nitrogens with one attached hydrogen (secondary N) is 2. The van der Waals surface area contributed by atoms with Crippen LogP contribution in [0.3, 0.4) is 0 Å². The summed E-state index contributed by atoms with van der Waals surface area (Å²) in [4.78, 5) is 15.4. The van der Waals surface area contributed by atoms with Crippen LogP contribution in [0.25, 0.3) is 0 Å². The van der Waals surface area contributed by atoms with Crippen LogP contribution in [0.1, 0.15) is 20.3 Å². The highest BCUT2D eigenvalue weighted by Gasteiger charge is 2.19. The number of hydrogen-bond acceptors (Lipinski definition) is 5. The molecular formula is C12H20N4O3S. The zero-order valence-corrected chi connectivity index (χ0v) is 12.4. The Labute approximate surface area is 119 Å². The molecule has 0 bridgehead atoms. The highest BCUT2D eigenvalue weighted by molar-refractivity contribution is 7.89. The number of nitrogens with zero attached hydrogens (tertiary/aromatic N) is 1. The molecule has 0 unspecified atom stereocenters. The van der Waals surface area contributed by atoms with E-state index in [2.05, 4.69) is 15.0 Å². The molecule has 1 aromatic heterocycles. The number of aromatic nitrogens is 1. The molecule has 112 valence electrons. The minimum atomic E-state index is -3.62. The summed E-state index contributed by atoms with van der Waals surface area (Å²) in [6.45, 7) is 3.92. The molecule has 1 heterocycles. The maximum Gasteiger partial charge on any atom is 0.242 e. The maximum absolute atomic E-state index is 11.9. The number of sulfonamides is 1. The molecule has 0 radical (unpaired) electrons. The van der Waals surface area contributed by atoms with Crippen molar-refractivity contribution < 1.29 is 13.2 Å². The van der Waals surface area contributed by atoms with Crippen LogP contribution in [0.2, 0.25) is 0 Å². The average molecular weight is 300 g/mol. The fourth-order valence-corrected chi connectivity index (χ4v) is 2.37. The van der Waals surface area contributed by atoms with E-state index in [1.54, 1.807) is 13.8 Å². The number of amides is 1. The van der Waals surface area contributed by atoms with Gasteiger partial charge in [-0.1, -0.05) is 0 Å². The van der Waals surface area contributed by atoms with Gasteiger partial charge in [0.05, 0.1) is 0 Å². The second kappa shape index (κ2) is 6.78. The first-order chi connectivity index (χ1) is 9.27. The molecule has 0 aliphatic rings. The van der Waals surface area contributed by atoms with E-state index in [9.17, 15) is 13.2 Å². The Morgan fingerprint density at radius 1 is 1.45 bits per heavy atom. The van der Waals surface area contributed by atoms with Gasteiger partial charge in [-0.2, -0.15) is 0 Å². The molecule has 20 heavy (non-hydrogen) atoms. The van der Waals surface area contributed by atoms with Crippen molar-refractivity contribution in [2.24, 2.45) is 5.73 Å². The molecule has 1 aromatic rings.